The molecule has 0 radical (unpaired) electrons. The number of benzene rings is 2. The van der Waals surface area contributed by atoms with E-state index in [4.69, 9.17) is 4.74 Å². The van der Waals surface area contributed by atoms with E-state index >= 15 is 0 Å². The summed E-state index contributed by atoms with van der Waals surface area (Å²) in [6.45, 7) is 4.03. The fraction of sp³-hybridized carbons (Fsp3) is 0.136. The average molecular weight is 375 g/mol. The van der Waals surface area contributed by atoms with Crippen LogP contribution in [0.1, 0.15) is 31.8 Å². The van der Waals surface area contributed by atoms with E-state index in [9.17, 15) is 9.59 Å². The highest BCUT2D eigenvalue weighted by atomic mass is 16.5. The molecule has 1 amide bonds. The van der Waals surface area contributed by atoms with Gasteiger partial charge in [-0.15, -0.1) is 0 Å². The largest absolute Gasteiger partial charge is 0.465 e. The number of amides is 1. The highest BCUT2D eigenvalue weighted by Gasteiger charge is 2.15. The maximum absolute atomic E-state index is 12.7. The van der Waals surface area contributed by atoms with Gasteiger partial charge in [0.2, 0.25) is 0 Å². The van der Waals surface area contributed by atoms with Crippen LogP contribution in [0.15, 0.2) is 60.9 Å². The van der Waals surface area contributed by atoms with Crippen molar-refractivity contribution < 1.29 is 14.3 Å². The molecule has 6 heteroatoms. The molecule has 0 spiro atoms. The highest BCUT2D eigenvalue weighted by Crippen LogP contribution is 2.23. The number of esters is 1. The van der Waals surface area contributed by atoms with Gasteiger partial charge in [-0.1, -0.05) is 24.3 Å². The van der Waals surface area contributed by atoms with Gasteiger partial charge in [0.05, 0.1) is 35.8 Å². The second-order valence-corrected chi connectivity index (χ2v) is 6.40. The monoisotopic (exact) mass is 375 g/mol. The number of nitrogens with zero attached hydrogens (tertiary/aromatic N) is 1. The van der Waals surface area contributed by atoms with Gasteiger partial charge in [0.25, 0.3) is 5.91 Å². The molecule has 0 aliphatic rings. The van der Waals surface area contributed by atoms with E-state index in [2.05, 4.69) is 15.6 Å². The van der Waals surface area contributed by atoms with Crippen molar-refractivity contribution in [1.82, 2.24) is 4.98 Å². The van der Waals surface area contributed by atoms with Gasteiger partial charge in [-0.05, 0) is 49.2 Å². The van der Waals surface area contributed by atoms with Crippen LogP contribution in [0, 0.1) is 13.8 Å². The zero-order valence-electron chi connectivity index (χ0n) is 15.9. The first kappa shape index (κ1) is 19.1. The second kappa shape index (κ2) is 8.35. The van der Waals surface area contributed by atoms with E-state index in [1.807, 2.05) is 32.0 Å². The van der Waals surface area contributed by atoms with Crippen molar-refractivity contribution in [3.63, 3.8) is 0 Å². The zero-order valence-corrected chi connectivity index (χ0v) is 15.9. The van der Waals surface area contributed by atoms with Gasteiger partial charge in [0.15, 0.2) is 0 Å². The first-order valence-corrected chi connectivity index (χ1v) is 8.76. The number of carbonyl (C=O) groups excluding carboxylic acids is 2. The molecule has 3 aromatic rings. The number of carbonyl (C=O) groups is 2. The van der Waals surface area contributed by atoms with Crippen LogP contribution in [-0.2, 0) is 4.74 Å². The van der Waals surface area contributed by atoms with Crippen molar-refractivity contribution in [2.75, 3.05) is 17.7 Å². The van der Waals surface area contributed by atoms with Crippen LogP contribution < -0.4 is 10.6 Å². The van der Waals surface area contributed by atoms with Gasteiger partial charge in [0.1, 0.15) is 0 Å². The summed E-state index contributed by atoms with van der Waals surface area (Å²) in [5, 5.41) is 6.04. The lowest BCUT2D eigenvalue weighted by molar-refractivity contribution is 0.0602. The predicted octanol–water partition coefficient (Wildman–Crippen LogP) is 4.48. The summed E-state index contributed by atoms with van der Waals surface area (Å²) in [4.78, 5) is 28.7. The van der Waals surface area contributed by atoms with Crippen molar-refractivity contribution in [1.29, 1.82) is 0 Å². The van der Waals surface area contributed by atoms with Crippen LogP contribution in [0.2, 0.25) is 0 Å². The maximum Gasteiger partial charge on any atom is 0.339 e. The number of ether oxygens (including phenoxy) is 1. The smallest absolute Gasteiger partial charge is 0.339 e. The van der Waals surface area contributed by atoms with Crippen molar-refractivity contribution in [3.8, 4) is 0 Å². The Bertz CT molecular complexity index is 1030. The molecule has 2 aromatic carbocycles. The van der Waals surface area contributed by atoms with Crippen LogP contribution in [0.5, 0.6) is 0 Å². The van der Waals surface area contributed by atoms with Crippen molar-refractivity contribution in [2.24, 2.45) is 0 Å². The third kappa shape index (κ3) is 4.35. The fourth-order valence-corrected chi connectivity index (χ4v) is 2.73. The predicted molar refractivity (Wildman–Crippen MR) is 109 cm³/mol. The molecular formula is C22H21N3O3. The number of aromatic nitrogens is 1. The van der Waals surface area contributed by atoms with E-state index in [1.54, 1.807) is 36.5 Å². The number of nitrogens with one attached hydrogen (secondary N) is 2. The van der Waals surface area contributed by atoms with E-state index in [0.29, 0.717) is 16.9 Å². The topological polar surface area (TPSA) is 80.3 Å². The molecule has 142 valence electrons. The first-order chi connectivity index (χ1) is 13.5. The van der Waals surface area contributed by atoms with Crippen molar-refractivity contribution in [2.45, 2.75) is 13.8 Å². The van der Waals surface area contributed by atoms with Crippen molar-refractivity contribution in [3.05, 3.63) is 83.2 Å². The third-order valence-electron chi connectivity index (χ3n) is 4.25. The Morgan fingerprint density at radius 1 is 0.964 bits per heavy atom. The normalized spacial score (nSPS) is 10.2. The Kier molecular flexibility index (Phi) is 5.69. The molecule has 0 aliphatic carbocycles. The lowest BCUT2D eigenvalue weighted by Crippen LogP contribution is -2.15. The Morgan fingerprint density at radius 3 is 2.54 bits per heavy atom. The minimum absolute atomic E-state index is 0.288. The molecule has 28 heavy (non-hydrogen) atoms. The van der Waals surface area contributed by atoms with Gasteiger partial charge in [-0.3, -0.25) is 9.78 Å². The Labute approximate surface area is 163 Å². The number of anilines is 3. The molecular weight excluding hydrogens is 354 g/mol. The van der Waals surface area contributed by atoms with Crippen LogP contribution in [0.4, 0.5) is 17.1 Å². The molecule has 0 bridgehead atoms. The quantitative estimate of drug-likeness (QED) is 0.643. The molecule has 0 fully saturated rings. The molecule has 1 aromatic heterocycles. The lowest BCUT2D eigenvalue weighted by atomic mass is 10.1. The number of hydrogen-bond acceptors (Lipinski definition) is 5. The number of para-hydroxylation sites is 1. The molecule has 0 unspecified atom stereocenters. The van der Waals surface area contributed by atoms with Crippen LogP contribution in [0.3, 0.4) is 0 Å². The summed E-state index contributed by atoms with van der Waals surface area (Å²) in [6.07, 6.45) is 3.13. The minimum Gasteiger partial charge on any atom is -0.465 e. The molecule has 2 N–H and O–H groups in total. The van der Waals surface area contributed by atoms with Crippen LogP contribution in [0.25, 0.3) is 0 Å². The Morgan fingerprint density at radius 2 is 1.75 bits per heavy atom. The summed E-state index contributed by atoms with van der Waals surface area (Å²) in [6, 6.07) is 14.5. The van der Waals surface area contributed by atoms with E-state index in [-0.39, 0.29) is 11.5 Å². The summed E-state index contributed by atoms with van der Waals surface area (Å²) in [7, 11) is 1.30. The molecule has 0 saturated heterocycles. The average Bonchev–Trinajstić information content (AvgIpc) is 2.71. The summed E-state index contributed by atoms with van der Waals surface area (Å²) >= 11 is 0. The van der Waals surface area contributed by atoms with E-state index in [0.717, 1.165) is 16.8 Å². The van der Waals surface area contributed by atoms with Gasteiger partial charge in [0, 0.05) is 11.9 Å². The second-order valence-electron chi connectivity index (χ2n) is 6.40. The maximum atomic E-state index is 12.7. The number of pyridine rings is 1. The van der Waals surface area contributed by atoms with Crippen molar-refractivity contribution >= 4 is 28.9 Å². The van der Waals surface area contributed by atoms with Gasteiger partial charge in [-0.2, -0.15) is 0 Å². The lowest BCUT2D eigenvalue weighted by Gasteiger charge is -2.12. The van der Waals surface area contributed by atoms with Crippen LogP contribution >= 0.6 is 0 Å². The summed E-state index contributed by atoms with van der Waals surface area (Å²) in [5.41, 5.74) is 4.91. The molecule has 0 atom stereocenters. The molecule has 0 saturated carbocycles. The Balaban J connectivity index is 1.82. The van der Waals surface area contributed by atoms with E-state index < -0.39 is 5.97 Å². The summed E-state index contributed by atoms with van der Waals surface area (Å²) in [5.74, 6) is -0.882. The third-order valence-corrected chi connectivity index (χ3v) is 4.25. The fourth-order valence-electron chi connectivity index (χ4n) is 2.73. The molecule has 0 aliphatic heterocycles. The summed E-state index contributed by atoms with van der Waals surface area (Å²) < 4.78 is 4.76. The zero-order chi connectivity index (χ0) is 20.1. The standard InChI is InChI=1S/C22H21N3O3/c1-14-8-9-15(2)20(10-14)24-17-11-16(12-23-13-17)21(26)25-19-7-5-4-6-18(19)22(27)28-3/h4-13,24H,1-3H3,(H,25,26). The number of methoxy groups -OCH3 is 1. The highest BCUT2D eigenvalue weighted by molar-refractivity contribution is 6.08. The SMILES string of the molecule is COC(=O)c1ccccc1NC(=O)c1cncc(Nc2cc(C)ccc2C)c1. The van der Waals surface area contributed by atoms with Crippen LogP contribution in [-0.4, -0.2) is 24.0 Å². The Hall–Kier alpha value is -3.67. The number of aryl methyl sites for hydroxylation is 2. The molecule has 6 nitrogen and oxygen atoms in total. The van der Waals surface area contributed by atoms with Gasteiger partial charge >= 0.3 is 5.97 Å². The molecule has 1 heterocycles. The number of hydrogen-bond donors (Lipinski definition) is 2. The first-order valence-electron chi connectivity index (χ1n) is 8.76. The van der Waals surface area contributed by atoms with Gasteiger partial charge in [-0.25, -0.2) is 4.79 Å². The minimum atomic E-state index is -0.514. The van der Waals surface area contributed by atoms with E-state index in [1.165, 1.54) is 13.3 Å². The number of rotatable bonds is 5. The van der Waals surface area contributed by atoms with Gasteiger partial charge < -0.3 is 15.4 Å². The molecule has 3 rings (SSSR count).